The molecule has 0 radical (unpaired) electrons. The smallest absolute Gasteiger partial charge is 0.262 e. The summed E-state index contributed by atoms with van der Waals surface area (Å²) in [5.74, 6) is 0.243. The first kappa shape index (κ1) is 15.8. The van der Waals surface area contributed by atoms with Crippen LogP contribution in [0, 0.1) is 0 Å². The zero-order valence-electron chi connectivity index (χ0n) is 12.8. The molecule has 2 rings (SSSR count). The van der Waals surface area contributed by atoms with E-state index >= 15 is 0 Å². The molecular weight excluding hydrogens is 278 g/mol. The maximum absolute atomic E-state index is 12.0. The summed E-state index contributed by atoms with van der Waals surface area (Å²) in [5.41, 5.74) is 2.44. The first-order valence-corrected chi connectivity index (χ1v) is 7.21. The van der Waals surface area contributed by atoms with Crippen molar-refractivity contribution in [1.82, 2.24) is 0 Å². The highest BCUT2D eigenvalue weighted by Gasteiger charge is 2.07. The maximum atomic E-state index is 12.0. The minimum atomic E-state index is -0.228. The minimum absolute atomic E-state index is 0.0354. The van der Waals surface area contributed by atoms with Gasteiger partial charge >= 0.3 is 0 Å². The first-order valence-electron chi connectivity index (χ1n) is 7.21. The van der Waals surface area contributed by atoms with E-state index < -0.39 is 0 Å². The summed E-state index contributed by atoms with van der Waals surface area (Å²) in [7, 11) is 0. The third-order valence-corrected chi connectivity index (χ3v) is 3.28. The van der Waals surface area contributed by atoms with Crippen molar-refractivity contribution in [3.05, 3.63) is 59.7 Å². The second kappa shape index (κ2) is 7.41. The quantitative estimate of drug-likeness (QED) is 0.831. The number of carbonyl (C=O) groups excluding carboxylic acids is 2. The Morgan fingerprint density at radius 3 is 2.59 bits per heavy atom. The van der Waals surface area contributed by atoms with Crippen LogP contribution >= 0.6 is 0 Å². The normalized spacial score (nSPS) is 10.1. The number of ketones is 1. The average Bonchev–Trinajstić information content (AvgIpc) is 2.53. The fourth-order valence-electron chi connectivity index (χ4n) is 2.09. The molecule has 0 fully saturated rings. The van der Waals surface area contributed by atoms with Crippen LogP contribution < -0.4 is 10.1 Å². The Balaban J connectivity index is 1.95. The number of benzene rings is 2. The number of nitrogens with one attached hydrogen (secondary N) is 1. The van der Waals surface area contributed by atoms with Gasteiger partial charge < -0.3 is 10.1 Å². The molecule has 0 spiro atoms. The molecule has 0 aliphatic heterocycles. The standard InChI is InChI=1S/C18H19NO3/c1-3-14-7-4-5-10-17(14)19-18(21)12-22-16-9-6-8-15(11-16)13(2)20/h4-11H,3,12H2,1-2H3,(H,19,21). The Hall–Kier alpha value is -2.62. The molecule has 0 heterocycles. The Morgan fingerprint density at radius 2 is 1.86 bits per heavy atom. The van der Waals surface area contributed by atoms with Gasteiger partial charge in [0.1, 0.15) is 5.75 Å². The van der Waals surface area contributed by atoms with Crippen molar-refractivity contribution in [2.24, 2.45) is 0 Å². The lowest BCUT2D eigenvalue weighted by molar-refractivity contribution is -0.118. The van der Waals surface area contributed by atoms with E-state index in [1.165, 1.54) is 6.92 Å². The van der Waals surface area contributed by atoms with Crippen molar-refractivity contribution in [3.8, 4) is 5.75 Å². The lowest BCUT2D eigenvalue weighted by Crippen LogP contribution is -2.20. The molecule has 0 aromatic heterocycles. The molecule has 0 aliphatic rings. The van der Waals surface area contributed by atoms with Crippen molar-refractivity contribution in [1.29, 1.82) is 0 Å². The number of hydrogen-bond acceptors (Lipinski definition) is 3. The summed E-state index contributed by atoms with van der Waals surface area (Å²) < 4.78 is 5.44. The number of hydrogen-bond donors (Lipinski definition) is 1. The van der Waals surface area contributed by atoms with E-state index in [0.717, 1.165) is 17.7 Å². The van der Waals surface area contributed by atoms with Crippen molar-refractivity contribution in [2.45, 2.75) is 20.3 Å². The fraction of sp³-hybridized carbons (Fsp3) is 0.222. The van der Waals surface area contributed by atoms with E-state index in [4.69, 9.17) is 4.74 Å². The highest BCUT2D eigenvalue weighted by atomic mass is 16.5. The van der Waals surface area contributed by atoms with Gasteiger partial charge in [0.15, 0.2) is 12.4 Å². The van der Waals surface area contributed by atoms with Crippen LogP contribution in [0.15, 0.2) is 48.5 Å². The zero-order chi connectivity index (χ0) is 15.9. The Kier molecular flexibility index (Phi) is 5.31. The molecule has 1 N–H and O–H groups in total. The SMILES string of the molecule is CCc1ccccc1NC(=O)COc1cccc(C(C)=O)c1. The molecule has 0 saturated carbocycles. The first-order chi connectivity index (χ1) is 10.6. The summed E-state index contributed by atoms with van der Waals surface area (Å²) >= 11 is 0. The number of anilines is 1. The predicted molar refractivity (Wildman–Crippen MR) is 86.4 cm³/mol. The summed E-state index contributed by atoms with van der Waals surface area (Å²) in [4.78, 5) is 23.3. The van der Waals surface area contributed by atoms with Crippen LogP contribution in [0.2, 0.25) is 0 Å². The molecule has 0 atom stereocenters. The molecule has 4 nitrogen and oxygen atoms in total. The number of aryl methyl sites for hydroxylation is 1. The highest BCUT2D eigenvalue weighted by molar-refractivity contribution is 5.94. The average molecular weight is 297 g/mol. The van der Waals surface area contributed by atoms with E-state index in [1.807, 2.05) is 31.2 Å². The van der Waals surface area contributed by atoms with Gasteiger partial charge in [-0.15, -0.1) is 0 Å². The van der Waals surface area contributed by atoms with Gasteiger partial charge in [0.25, 0.3) is 5.91 Å². The molecule has 22 heavy (non-hydrogen) atoms. The molecule has 0 bridgehead atoms. The van der Waals surface area contributed by atoms with E-state index in [0.29, 0.717) is 11.3 Å². The van der Waals surface area contributed by atoms with Gasteiger partial charge in [0, 0.05) is 11.3 Å². The number of carbonyl (C=O) groups is 2. The lowest BCUT2D eigenvalue weighted by Gasteiger charge is -2.11. The minimum Gasteiger partial charge on any atom is -0.484 e. The topological polar surface area (TPSA) is 55.4 Å². The van der Waals surface area contributed by atoms with E-state index in [1.54, 1.807) is 24.3 Å². The molecule has 4 heteroatoms. The molecule has 114 valence electrons. The summed E-state index contributed by atoms with van der Waals surface area (Å²) in [6.45, 7) is 3.43. The van der Waals surface area contributed by atoms with Gasteiger partial charge in [-0.05, 0) is 37.1 Å². The van der Waals surface area contributed by atoms with Gasteiger partial charge in [0.05, 0.1) is 0 Å². The van der Waals surface area contributed by atoms with E-state index in [2.05, 4.69) is 5.32 Å². The van der Waals surface area contributed by atoms with Crippen LogP contribution in [0.25, 0.3) is 0 Å². The second-order valence-electron chi connectivity index (χ2n) is 4.93. The number of ether oxygens (including phenoxy) is 1. The van der Waals surface area contributed by atoms with Crippen LogP contribution in [0.3, 0.4) is 0 Å². The van der Waals surface area contributed by atoms with Gasteiger partial charge in [-0.3, -0.25) is 9.59 Å². The Morgan fingerprint density at radius 1 is 1.09 bits per heavy atom. The van der Waals surface area contributed by atoms with Crippen molar-refractivity contribution < 1.29 is 14.3 Å². The van der Waals surface area contributed by atoms with Gasteiger partial charge in [-0.25, -0.2) is 0 Å². The van der Waals surface area contributed by atoms with E-state index in [9.17, 15) is 9.59 Å². The number of Topliss-reactive ketones (excluding diaryl/α,β-unsaturated/α-hetero) is 1. The van der Waals surface area contributed by atoms with Crippen LogP contribution in [-0.4, -0.2) is 18.3 Å². The van der Waals surface area contributed by atoms with E-state index in [-0.39, 0.29) is 18.3 Å². The molecule has 2 aromatic rings. The van der Waals surface area contributed by atoms with Crippen molar-refractivity contribution in [3.63, 3.8) is 0 Å². The van der Waals surface area contributed by atoms with Crippen molar-refractivity contribution >= 4 is 17.4 Å². The summed E-state index contributed by atoms with van der Waals surface area (Å²) in [6.07, 6.45) is 0.845. The van der Waals surface area contributed by atoms with Crippen molar-refractivity contribution in [2.75, 3.05) is 11.9 Å². The third kappa shape index (κ3) is 4.19. The second-order valence-corrected chi connectivity index (χ2v) is 4.93. The van der Waals surface area contributed by atoms with Crippen LogP contribution in [0.4, 0.5) is 5.69 Å². The molecule has 0 saturated heterocycles. The molecule has 0 aliphatic carbocycles. The molecular formula is C18H19NO3. The van der Waals surface area contributed by atoms with Crippen LogP contribution in [0.1, 0.15) is 29.8 Å². The Bertz CT molecular complexity index is 680. The highest BCUT2D eigenvalue weighted by Crippen LogP contribution is 2.16. The fourth-order valence-corrected chi connectivity index (χ4v) is 2.09. The monoisotopic (exact) mass is 297 g/mol. The predicted octanol–water partition coefficient (Wildman–Crippen LogP) is 3.47. The molecule has 1 amide bonds. The van der Waals surface area contributed by atoms with Gasteiger partial charge in [0.2, 0.25) is 0 Å². The number of rotatable bonds is 6. The zero-order valence-corrected chi connectivity index (χ0v) is 12.8. The van der Waals surface area contributed by atoms with Crippen LogP contribution in [-0.2, 0) is 11.2 Å². The largest absolute Gasteiger partial charge is 0.484 e. The summed E-state index contributed by atoms with van der Waals surface area (Å²) in [6, 6.07) is 14.5. The Labute approximate surface area is 130 Å². The van der Waals surface area contributed by atoms with Gasteiger partial charge in [-0.2, -0.15) is 0 Å². The number of amides is 1. The number of para-hydroxylation sites is 1. The lowest BCUT2D eigenvalue weighted by atomic mass is 10.1. The maximum Gasteiger partial charge on any atom is 0.262 e. The summed E-state index contributed by atoms with van der Waals surface area (Å²) in [5, 5.41) is 2.84. The molecule has 2 aromatic carbocycles. The van der Waals surface area contributed by atoms with Gasteiger partial charge in [-0.1, -0.05) is 37.3 Å². The third-order valence-electron chi connectivity index (χ3n) is 3.28. The van der Waals surface area contributed by atoms with Crippen LogP contribution in [0.5, 0.6) is 5.75 Å². The molecule has 0 unspecified atom stereocenters.